The van der Waals surface area contributed by atoms with Gasteiger partial charge < -0.3 is 10.2 Å². The topological polar surface area (TPSA) is 69.7 Å². The largest absolute Gasteiger partial charge is 0.359 e. The molecule has 1 aliphatic rings. The zero-order valence-electron chi connectivity index (χ0n) is 12.9. The van der Waals surface area contributed by atoms with Gasteiger partial charge >= 0.3 is 0 Å². The Kier molecular flexibility index (Phi) is 4.22. The van der Waals surface area contributed by atoms with Crippen molar-refractivity contribution >= 4 is 22.8 Å². The van der Waals surface area contributed by atoms with Crippen LogP contribution in [0.15, 0.2) is 6.20 Å². The van der Waals surface area contributed by atoms with Gasteiger partial charge in [0.15, 0.2) is 5.65 Å². The third-order valence-electron chi connectivity index (χ3n) is 4.24. The molecule has 0 aromatic carbocycles. The summed E-state index contributed by atoms with van der Waals surface area (Å²) in [5.41, 5.74) is 0.798. The second kappa shape index (κ2) is 6.28. The fraction of sp³-hybridized carbons (Fsp3) is 0.667. The number of anilines is 2. The average Bonchev–Trinajstić information content (AvgIpc) is 2.96. The summed E-state index contributed by atoms with van der Waals surface area (Å²) in [7, 11) is 2.12. The molecule has 0 amide bonds. The number of hydrogen-bond acceptors (Lipinski definition) is 5. The van der Waals surface area contributed by atoms with Crippen LogP contribution in [0.5, 0.6) is 0 Å². The zero-order valence-corrected chi connectivity index (χ0v) is 12.9. The van der Waals surface area contributed by atoms with Crippen molar-refractivity contribution in [1.82, 2.24) is 20.2 Å². The Morgan fingerprint density at radius 2 is 2.10 bits per heavy atom. The van der Waals surface area contributed by atoms with Crippen LogP contribution in [0.25, 0.3) is 11.0 Å². The highest BCUT2D eigenvalue weighted by molar-refractivity contribution is 5.87. The van der Waals surface area contributed by atoms with Crippen LogP contribution >= 0.6 is 0 Å². The summed E-state index contributed by atoms with van der Waals surface area (Å²) in [5, 5.41) is 11.2. The normalized spacial score (nSPS) is 16.3. The molecule has 3 rings (SSSR count). The molecule has 0 spiro atoms. The Labute approximate surface area is 125 Å². The lowest BCUT2D eigenvalue weighted by Gasteiger charge is -2.28. The van der Waals surface area contributed by atoms with Gasteiger partial charge in [-0.15, -0.1) is 0 Å². The van der Waals surface area contributed by atoms with Gasteiger partial charge in [-0.25, -0.2) is 0 Å². The van der Waals surface area contributed by atoms with Crippen molar-refractivity contribution in [3.63, 3.8) is 0 Å². The molecule has 0 aliphatic heterocycles. The predicted molar refractivity (Wildman–Crippen MR) is 85.7 cm³/mol. The number of nitrogens with one attached hydrogen (secondary N) is 2. The molecular weight excluding hydrogens is 264 g/mol. The van der Waals surface area contributed by atoms with Crippen LogP contribution in [0.1, 0.15) is 39.0 Å². The minimum atomic E-state index is 0.666. The maximum atomic E-state index is 4.67. The van der Waals surface area contributed by atoms with Crippen LogP contribution in [0.2, 0.25) is 0 Å². The molecule has 6 heteroatoms. The van der Waals surface area contributed by atoms with Crippen LogP contribution in [0.4, 0.5) is 11.8 Å². The Hall–Kier alpha value is -1.85. The molecule has 0 bridgehead atoms. The number of aromatic amines is 1. The lowest BCUT2D eigenvalue weighted by atomic mass is 9.89. The first kappa shape index (κ1) is 14.1. The monoisotopic (exact) mass is 288 g/mol. The van der Waals surface area contributed by atoms with E-state index in [1.54, 1.807) is 0 Å². The lowest BCUT2D eigenvalue weighted by molar-refractivity contribution is 0.362. The summed E-state index contributed by atoms with van der Waals surface area (Å²) < 4.78 is 0. The summed E-state index contributed by atoms with van der Waals surface area (Å²) in [6, 6.07) is 0. The molecule has 2 aromatic rings. The molecule has 1 aliphatic carbocycles. The molecular formula is C15H24N6. The summed E-state index contributed by atoms with van der Waals surface area (Å²) in [6.45, 7) is 3.92. The van der Waals surface area contributed by atoms with E-state index in [1.165, 1.54) is 32.1 Å². The van der Waals surface area contributed by atoms with Crippen LogP contribution in [0, 0.1) is 5.92 Å². The van der Waals surface area contributed by atoms with E-state index in [1.807, 2.05) is 13.1 Å². The van der Waals surface area contributed by atoms with E-state index in [9.17, 15) is 0 Å². The molecule has 2 N–H and O–H groups in total. The molecule has 114 valence electrons. The Morgan fingerprint density at radius 3 is 2.86 bits per heavy atom. The number of aromatic nitrogens is 4. The van der Waals surface area contributed by atoms with Crippen molar-refractivity contribution in [2.24, 2.45) is 5.92 Å². The van der Waals surface area contributed by atoms with Crippen LogP contribution < -0.4 is 10.2 Å². The molecule has 6 nitrogen and oxygen atoms in total. The number of nitrogens with zero attached hydrogens (tertiary/aromatic N) is 4. The molecule has 21 heavy (non-hydrogen) atoms. The molecule has 1 fully saturated rings. The van der Waals surface area contributed by atoms with Gasteiger partial charge in [-0.3, -0.25) is 5.10 Å². The molecule has 2 heterocycles. The molecule has 0 saturated heterocycles. The molecule has 0 radical (unpaired) electrons. The van der Waals surface area contributed by atoms with Crippen LogP contribution in [-0.2, 0) is 0 Å². The van der Waals surface area contributed by atoms with E-state index in [-0.39, 0.29) is 0 Å². The third kappa shape index (κ3) is 3.09. The number of rotatable bonds is 5. The summed E-state index contributed by atoms with van der Waals surface area (Å²) in [5.74, 6) is 2.42. The van der Waals surface area contributed by atoms with Gasteiger partial charge in [-0.2, -0.15) is 15.1 Å². The molecule has 1 saturated carbocycles. The fourth-order valence-electron chi connectivity index (χ4n) is 3.19. The van der Waals surface area contributed by atoms with E-state index < -0.39 is 0 Å². The van der Waals surface area contributed by atoms with Crippen molar-refractivity contribution in [3.8, 4) is 0 Å². The van der Waals surface area contributed by atoms with Crippen molar-refractivity contribution in [2.45, 2.75) is 39.0 Å². The summed E-state index contributed by atoms with van der Waals surface area (Å²) in [6.07, 6.45) is 8.62. The molecule has 0 unspecified atom stereocenters. The van der Waals surface area contributed by atoms with Gasteiger partial charge in [0.25, 0.3) is 0 Å². The van der Waals surface area contributed by atoms with Gasteiger partial charge in [0.05, 0.1) is 11.6 Å². The summed E-state index contributed by atoms with van der Waals surface area (Å²) >= 11 is 0. The standard InChI is InChI=1S/C15H24N6/c1-3-16-15-18-13-12(9-17-20-13)14(19-15)21(2)10-11-7-5-4-6-8-11/h9,11H,3-8,10H2,1-2H3,(H2,16,17,18,19,20). The van der Waals surface area contributed by atoms with E-state index in [0.29, 0.717) is 5.95 Å². The minimum absolute atomic E-state index is 0.666. The zero-order chi connectivity index (χ0) is 14.7. The Bertz CT molecular complexity index is 587. The third-order valence-corrected chi connectivity index (χ3v) is 4.24. The van der Waals surface area contributed by atoms with E-state index in [4.69, 9.17) is 0 Å². The smallest absolute Gasteiger partial charge is 0.226 e. The number of H-pyrrole nitrogens is 1. The van der Waals surface area contributed by atoms with Crippen LogP contribution in [-0.4, -0.2) is 40.3 Å². The fourth-order valence-corrected chi connectivity index (χ4v) is 3.19. The highest BCUT2D eigenvalue weighted by Gasteiger charge is 2.19. The van der Waals surface area contributed by atoms with Crippen molar-refractivity contribution in [2.75, 3.05) is 30.4 Å². The lowest BCUT2D eigenvalue weighted by Crippen LogP contribution is -2.28. The number of hydrogen-bond donors (Lipinski definition) is 2. The second-order valence-electron chi connectivity index (χ2n) is 5.92. The van der Waals surface area contributed by atoms with Crippen LogP contribution in [0.3, 0.4) is 0 Å². The first-order valence-electron chi connectivity index (χ1n) is 7.94. The maximum Gasteiger partial charge on any atom is 0.226 e. The summed E-state index contributed by atoms with van der Waals surface area (Å²) in [4.78, 5) is 11.4. The Balaban J connectivity index is 1.84. The van der Waals surface area contributed by atoms with Gasteiger partial charge in [0.1, 0.15) is 5.82 Å². The first-order chi connectivity index (χ1) is 10.3. The van der Waals surface area contributed by atoms with Gasteiger partial charge in [-0.1, -0.05) is 19.3 Å². The SMILES string of the molecule is CCNc1nc(N(C)CC2CCCCC2)c2cn[nH]c2n1. The van der Waals surface area contributed by atoms with Crippen molar-refractivity contribution in [1.29, 1.82) is 0 Å². The highest BCUT2D eigenvalue weighted by atomic mass is 15.2. The maximum absolute atomic E-state index is 4.67. The van der Waals surface area contributed by atoms with Crippen molar-refractivity contribution < 1.29 is 0 Å². The molecule has 0 atom stereocenters. The average molecular weight is 288 g/mol. The second-order valence-corrected chi connectivity index (χ2v) is 5.92. The van der Waals surface area contributed by atoms with E-state index >= 15 is 0 Å². The quantitative estimate of drug-likeness (QED) is 0.885. The number of fused-ring (bicyclic) bond motifs is 1. The van der Waals surface area contributed by atoms with Gasteiger partial charge in [0, 0.05) is 20.1 Å². The Morgan fingerprint density at radius 1 is 1.29 bits per heavy atom. The van der Waals surface area contributed by atoms with Gasteiger partial charge in [0.2, 0.25) is 5.95 Å². The first-order valence-corrected chi connectivity index (χ1v) is 7.94. The highest BCUT2D eigenvalue weighted by Crippen LogP contribution is 2.28. The van der Waals surface area contributed by atoms with E-state index in [0.717, 1.165) is 35.9 Å². The predicted octanol–water partition coefficient (Wildman–Crippen LogP) is 2.80. The van der Waals surface area contributed by atoms with Gasteiger partial charge in [-0.05, 0) is 25.7 Å². The minimum Gasteiger partial charge on any atom is -0.359 e. The van der Waals surface area contributed by atoms with E-state index in [2.05, 4.69) is 37.4 Å². The molecule has 2 aromatic heterocycles. The van der Waals surface area contributed by atoms with Crippen molar-refractivity contribution in [3.05, 3.63) is 6.20 Å².